The Bertz CT molecular complexity index is 1690. The Morgan fingerprint density at radius 3 is 2.55 bits per heavy atom. The van der Waals surface area contributed by atoms with E-state index in [4.69, 9.17) is 4.98 Å². The van der Waals surface area contributed by atoms with Crippen molar-refractivity contribution in [2.24, 2.45) is 0 Å². The van der Waals surface area contributed by atoms with Crippen LogP contribution in [0.25, 0.3) is 44.0 Å². The van der Waals surface area contributed by atoms with Crippen molar-refractivity contribution in [3.05, 3.63) is 76.0 Å². The van der Waals surface area contributed by atoms with Crippen molar-refractivity contribution in [3.63, 3.8) is 0 Å². The smallest absolute Gasteiger partial charge is 0.142 e. The van der Waals surface area contributed by atoms with Crippen molar-refractivity contribution in [1.29, 1.82) is 5.26 Å². The summed E-state index contributed by atoms with van der Waals surface area (Å²) in [6, 6.07) is 18.2. The Morgan fingerprint density at radius 2 is 1.79 bits per heavy atom. The maximum atomic E-state index is 14.7. The van der Waals surface area contributed by atoms with Crippen molar-refractivity contribution in [2.75, 3.05) is 0 Å². The van der Waals surface area contributed by atoms with Crippen LogP contribution < -0.4 is 0 Å². The lowest BCUT2D eigenvalue weighted by molar-refractivity contribution is 0.143. The molecule has 0 saturated carbocycles. The molecule has 1 heterocycles. The summed E-state index contributed by atoms with van der Waals surface area (Å²) < 4.78 is 15.6. The summed E-state index contributed by atoms with van der Waals surface area (Å²) in [5.41, 5.74) is 1.50. The van der Waals surface area contributed by atoms with Gasteiger partial charge in [0.1, 0.15) is 17.2 Å². The second kappa shape index (κ2) is 7.71. The van der Waals surface area contributed by atoms with Crippen LogP contribution in [0.4, 0.5) is 4.39 Å². The molecule has 1 aromatic heterocycles. The van der Waals surface area contributed by atoms with Crippen LogP contribution in [0.15, 0.2) is 59.1 Å². The quantitative estimate of drug-likeness (QED) is 0.207. The van der Waals surface area contributed by atoms with Gasteiger partial charge in [-0.2, -0.15) is 5.26 Å². The van der Waals surface area contributed by atoms with Gasteiger partial charge in [0.05, 0.1) is 28.2 Å². The van der Waals surface area contributed by atoms with Gasteiger partial charge in [-0.1, -0.05) is 46.0 Å². The van der Waals surface area contributed by atoms with E-state index in [0.29, 0.717) is 11.3 Å². The third-order valence-corrected chi connectivity index (χ3v) is 5.90. The molecule has 160 valence electrons. The van der Waals surface area contributed by atoms with E-state index in [-0.39, 0.29) is 11.1 Å². The van der Waals surface area contributed by atoms with Crippen LogP contribution in [-0.4, -0.2) is 20.7 Å². The molecular formula is C27H17BrFN3O. The number of hydrogen-bond acceptors (Lipinski definition) is 3. The van der Waals surface area contributed by atoms with Crippen LogP contribution in [0.1, 0.15) is 25.0 Å². The number of benzene rings is 4. The molecule has 4 aromatic carbocycles. The van der Waals surface area contributed by atoms with E-state index in [0.717, 1.165) is 37.1 Å². The fourth-order valence-electron chi connectivity index (χ4n) is 3.97. The number of aromatic amines is 1. The van der Waals surface area contributed by atoms with Crippen molar-refractivity contribution < 1.29 is 9.50 Å². The van der Waals surface area contributed by atoms with Gasteiger partial charge in [-0.25, -0.2) is 9.37 Å². The zero-order valence-corrected chi connectivity index (χ0v) is 19.4. The van der Waals surface area contributed by atoms with Gasteiger partial charge in [0, 0.05) is 20.8 Å². The number of nitrogens with zero attached hydrogens (tertiary/aromatic N) is 2. The molecule has 0 bridgehead atoms. The summed E-state index contributed by atoms with van der Waals surface area (Å²) in [6.45, 7) is 3.28. The van der Waals surface area contributed by atoms with Gasteiger partial charge in [-0.3, -0.25) is 0 Å². The Morgan fingerprint density at radius 1 is 1.03 bits per heavy atom. The van der Waals surface area contributed by atoms with Crippen LogP contribution in [0.5, 0.6) is 0 Å². The summed E-state index contributed by atoms with van der Waals surface area (Å²) in [5, 5.41) is 23.2. The zero-order chi connectivity index (χ0) is 23.3. The fraction of sp³-hybridized carbons (Fsp3) is 0.111. The molecule has 5 rings (SSSR count). The number of H-pyrrole nitrogens is 1. The standard InChI is InChI=1S/C27H17BrFN3O/c1-27(2,33)11-10-15-6-8-18-20(12-15)21-13-17(28)7-9-19(21)25-24(18)31-26(32-25)23-16(14-30)4-3-5-22(23)29/h3-9,12-13,33H,1-2H3,(H,31,32). The highest BCUT2D eigenvalue weighted by molar-refractivity contribution is 9.10. The van der Waals surface area contributed by atoms with Crippen LogP contribution in [0, 0.1) is 29.0 Å². The van der Waals surface area contributed by atoms with Crippen LogP contribution in [0.2, 0.25) is 0 Å². The number of fused-ring (bicyclic) bond motifs is 6. The van der Waals surface area contributed by atoms with Gasteiger partial charge in [0.2, 0.25) is 0 Å². The summed E-state index contributed by atoms with van der Waals surface area (Å²) in [5.74, 6) is 5.68. The second-order valence-electron chi connectivity index (χ2n) is 8.34. The number of nitriles is 1. The third kappa shape index (κ3) is 3.74. The Kier molecular flexibility index (Phi) is 4.94. The topological polar surface area (TPSA) is 72.7 Å². The monoisotopic (exact) mass is 497 g/mol. The molecule has 5 aromatic rings. The third-order valence-electron chi connectivity index (χ3n) is 5.40. The molecule has 0 saturated heterocycles. The molecule has 2 N–H and O–H groups in total. The van der Waals surface area contributed by atoms with E-state index in [1.54, 1.807) is 19.9 Å². The van der Waals surface area contributed by atoms with Crippen molar-refractivity contribution in [1.82, 2.24) is 9.97 Å². The molecule has 0 unspecified atom stereocenters. The van der Waals surface area contributed by atoms with Crippen LogP contribution in [0.3, 0.4) is 0 Å². The zero-order valence-electron chi connectivity index (χ0n) is 17.8. The lowest BCUT2D eigenvalue weighted by Gasteiger charge is -2.08. The van der Waals surface area contributed by atoms with E-state index in [9.17, 15) is 14.8 Å². The minimum atomic E-state index is -1.10. The summed E-state index contributed by atoms with van der Waals surface area (Å²) in [6.07, 6.45) is 0. The van der Waals surface area contributed by atoms with Gasteiger partial charge in [0.25, 0.3) is 0 Å². The SMILES string of the molecule is CC(C)(O)C#Cc1ccc2c(c1)c1cc(Br)ccc1c1nc(-c3c(F)cccc3C#N)[nH]c21. The van der Waals surface area contributed by atoms with Crippen LogP contribution in [-0.2, 0) is 0 Å². The number of imidazole rings is 1. The highest BCUT2D eigenvalue weighted by Gasteiger charge is 2.18. The highest BCUT2D eigenvalue weighted by atomic mass is 79.9. The molecular weight excluding hydrogens is 481 g/mol. The average Bonchev–Trinajstić information content (AvgIpc) is 3.22. The highest BCUT2D eigenvalue weighted by Crippen LogP contribution is 2.37. The number of halogens is 2. The van der Waals surface area contributed by atoms with Crippen molar-refractivity contribution in [3.8, 4) is 29.3 Å². The first-order valence-electron chi connectivity index (χ1n) is 10.2. The first kappa shape index (κ1) is 21.2. The maximum Gasteiger partial charge on any atom is 0.142 e. The predicted molar refractivity (Wildman–Crippen MR) is 132 cm³/mol. The Hall–Kier alpha value is -3.71. The molecule has 0 fully saturated rings. The fourth-order valence-corrected chi connectivity index (χ4v) is 4.33. The van der Waals surface area contributed by atoms with E-state index < -0.39 is 11.4 Å². The number of rotatable bonds is 1. The van der Waals surface area contributed by atoms with Crippen molar-refractivity contribution in [2.45, 2.75) is 19.4 Å². The van der Waals surface area contributed by atoms with Gasteiger partial charge in [0.15, 0.2) is 0 Å². The maximum absolute atomic E-state index is 14.7. The van der Waals surface area contributed by atoms with E-state index in [1.807, 2.05) is 36.4 Å². The average molecular weight is 498 g/mol. The number of aromatic nitrogens is 2. The number of aliphatic hydroxyl groups is 1. The molecule has 0 spiro atoms. The first-order chi connectivity index (χ1) is 15.7. The molecule has 0 aliphatic heterocycles. The summed E-state index contributed by atoms with van der Waals surface area (Å²) >= 11 is 3.55. The largest absolute Gasteiger partial charge is 0.378 e. The van der Waals surface area contributed by atoms with E-state index >= 15 is 0 Å². The Labute approximate surface area is 197 Å². The van der Waals surface area contributed by atoms with Crippen molar-refractivity contribution >= 4 is 48.5 Å². The van der Waals surface area contributed by atoms with Gasteiger partial charge >= 0.3 is 0 Å². The van der Waals surface area contributed by atoms with Gasteiger partial charge in [-0.05, 0) is 61.0 Å². The van der Waals surface area contributed by atoms with E-state index in [1.165, 1.54) is 12.1 Å². The minimum Gasteiger partial charge on any atom is -0.378 e. The molecule has 33 heavy (non-hydrogen) atoms. The Balaban J connectivity index is 1.87. The summed E-state index contributed by atoms with van der Waals surface area (Å²) in [4.78, 5) is 7.99. The van der Waals surface area contributed by atoms with Gasteiger partial charge in [-0.15, -0.1) is 0 Å². The molecule has 0 atom stereocenters. The molecule has 4 nitrogen and oxygen atoms in total. The normalized spacial score (nSPS) is 11.5. The number of nitrogens with one attached hydrogen (secondary N) is 1. The van der Waals surface area contributed by atoms with Crippen LogP contribution >= 0.6 is 15.9 Å². The lowest BCUT2D eigenvalue weighted by atomic mass is 9.98. The number of hydrogen-bond donors (Lipinski definition) is 2. The summed E-state index contributed by atoms with van der Waals surface area (Å²) in [7, 11) is 0. The predicted octanol–water partition coefficient (Wildman–Crippen LogP) is 6.43. The van der Waals surface area contributed by atoms with E-state index in [2.05, 4.69) is 38.8 Å². The molecule has 0 radical (unpaired) electrons. The lowest BCUT2D eigenvalue weighted by Crippen LogP contribution is -2.14. The molecule has 6 heteroatoms. The minimum absolute atomic E-state index is 0.155. The van der Waals surface area contributed by atoms with Gasteiger partial charge < -0.3 is 10.1 Å². The first-order valence-corrected chi connectivity index (χ1v) is 11.0. The molecule has 0 amide bonds. The second-order valence-corrected chi connectivity index (χ2v) is 9.26. The molecule has 0 aliphatic rings. The molecule has 0 aliphatic carbocycles.